The van der Waals surface area contributed by atoms with Crippen molar-refractivity contribution in [2.24, 2.45) is 11.8 Å². The second-order valence-corrected chi connectivity index (χ2v) is 5.21. The molecule has 2 N–H and O–H groups in total. The van der Waals surface area contributed by atoms with E-state index in [0.717, 1.165) is 24.1 Å². The highest BCUT2D eigenvalue weighted by atomic mass is 79.9. The van der Waals surface area contributed by atoms with Crippen LogP contribution in [0.25, 0.3) is 0 Å². The van der Waals surface area contributed by atoms with Gasteiger partial charge in [-0.15, -0.1) is 0 Å². The molecule has 16 heavy (non-hydrogen) atoms. The summed E-state index contributed by atoms with van der Waals surface area (Å²) in [6.07, 6.45) is 1.29. The van der Waals surface area contributed by atoms with Crippen LogP contribution in [-0.4, -0.2) is 17.6 Å². The molecule has 0 aliphatic heterocycles. The SMILES string of the molecule is CC1CC1CNc1ccc(C(=O)O)c(Br)c1. The zero-order chi connectivity index (χ0) is 11.7. The molecule has 0 saturated heterocycles. The van der Waals surface area contributed by atoms with E-state index in [4.69, 9.17) is 5.11 Å². The molecule has 3 nitrogen and oxygen atoms in total. The summed E-state index contributed by atoms with van der Waals surface area (Å²) in [5.41, 5.74) is 1.27. The Bertz CT molecular complexity index is 419. The molecule has 1 aromatic carbocycles. The van der Waals surface area contributed by atoms with Gasteiger partial charge >= 0.3 is 5.97 Å². The molecule has 86 valence electrons. The number of benzene rings is 1. The maximum absolute atomic E-state index is 10.8. The minimum Gasteiger partial charge on any atom is -0.478 e. The van der Waals surface area contributed by atoms with Gasteiger partial charge in [-0.3, -0.25) is 0 Å². The zero-order valence-corrected chi connectivity index (χ0v) is 10.6. The molecule has 1 fully saturated rings. The Hall–Kier alpha value is -1.03. The van der Waals surface area contributed by atoms with Gasteiger partial charge in [0.15, 0.2) is 0 Å². The molecule has 1 saturated carbocycles. The molecule has 0 amide bonds. The summed E-state index contributed by atoms with van der Waals surface area (Å²) < 4.78 is 0.619. The Labute approximate surface area is 103 Å². The van der Waals surface area contributed by atoms with Crippen LogP contribution in [0.15, 0.2) is 22.7 Å². The van der Waals surface area contributed by atoms with E-state index < -0.39 is 5.97 Å². The van der Waals surface area contributed by atoms with Crippen LogP contribution in [0.1, 0.15) is 23.7 Å². The van der Waals surface area contributed by atoms with Crippen LogP contribution < -0.4 is 5.32 Å². The predicted octanol–water partition coefficient (Wildman–Crippen LogP) is 3.22. The normalized spacial score (nSPS) is 22.9. The molecule has 0 radical (unpaired) electrons. The lowest BCUT2D eigenvalue weighted by molar-refractivity contribution is 0.0696. The van der Waals surface area contributed by atoms with Gasteiger partial charge in [0.25, 0.3) is 0 Å². The Morgan fingerprint density at radius 3 is 2.81 bits per heavy atom. The van der Waals surface area contributed by atoms with Crippen molar-refractivity contribution in [3.8, 4) is 0 Å². The van der Waals surface area contributed by atoms with Crippen LogP contribution >= 0.6 is 15.9 Å². The maximum Gasteiger partial charge on any atom is 0.336 e. The van der Waals surface area contributed by atoms with Crippen molar-refractivity contribution in [1.29, 1.82) is 0 Å². The minimum absolute atomic E-state index is 0.297. The highest BCUT2D eigenvalue weighted by Gasteiger charge is 2.31. The summed E-state index contributed by atoms with van der Waals surface area (Å²) >= 11 is 3.26. The Morgan fingerprint density at radius 1 is 1.62 bits per heavy atom. The highest BCUT2D eigenvalue weighted by Crippen LogP contribution is 2.37. The fourth-order valence-electron chi connectivity index (χ4n) is 1.73. The van der Waals surface area contributed by atoms with Crippen LogP contribution in [0, 0.1) is 11.8 Å². The van der Waals surface area contributed by atoms with E-state index in [1.807, 2.05) is 6.07 Å². The van der Waals surface area contributed by atoms with Crippen molar-refractivity contribution in [1.82, 2.24) is 0 Å². The number of rotatable bonds is 4. The second-order valence-electron chi connectivity index (χ2n) is 4.35. The first kappa shape index (κ1) is 11.5. The number of nitrogens with one attached hydrogen (secondary N) is 1. The summed E-state index contributed by atoms with van der Waals surface area (Å²) in [6.45, 7) is 3.22. The smallest absolute Gasteiger partial charge is 0.336 e. The molecule has 0 bridgehead atoms. The van der Waals surface area contributed by atoms with Gasteiger partial charge in [0.05, 0.1) is 5.56 Å². The first-order chi connectivity index (χ1) is 7.58. The summed E-state index contributed by atoms with van der Waals surface area (Å²) in [5, 5.41) is 12.2. The summed E-state index contributed by atoms with van der Waals surface area (Å²) in [6, 6.07) is 5.24. The van der Waals surface area contributed by atoms with Crippen LogP contribution in [0.4, 0.5) is 5.69 Å². The average Bonchev–Trinajstić information content (AvgIpc) is 2.91. The van der Waals surface area contributed by atoms with Crippen LogP contribution in [0.3, 0.4) is 0 Å². The standard InChI is InChI=1S/C12H14BrNO2/c1-7-4-8(7)6-14-9-2-3-10(12(15)16)11(13)5-9/h2-3,5,7-8,14H,4,6H2,1H3,(H,15,16). The molecule has 0 heterocycles. The second kappa shape index (κ2) is 4.45. The van der Waals surface area contributed by atoms with E-state index in [1.165, 1.54) is 6.42 Å². The largest absolute Gasteiger partial charge is 0.478 e. The summed E-state index contributed by atoms with van der Waals surface area (Å²) in [7, 11) is 0. The summed E-state index contributed by atoms with van der Waals surface area (Å²) in [4.78, 5) is 10.8. The highest BCUT2D eigenvalue weighted by molar-refractivity contribution is 9.10. The fourth-order valence-corrected chi connectivity index (χ4v) is 2.28. The third-order valence-electron chi connectivity index (χ3n) is 3.04. The topological polar surface area (TPSA) is 49.3 Å². The van der Waals surface area contributed by atoms with E-state index in [-0.39, 0.29) is 0 Å². The van der Waals surface area contributed by atoms with Gasteiger partial charge < -0.3 is 10.4 Å². The van der Waals surface area contributed by atoms with Gasteiger partial charge in [0.1, 0.15) is 0 Å². The lowest BCUT2D eigenvalue weighted by atomic mass is 10.2. The number of anilines is 1. The Morgan fingerprint density at radius 2 is 2.31 bits per heavy atom. The zero-order valence-electron chi connectivity index (χ0n) is 9.03. The Balaban J connectivity index is 2.00. The van der Waals surface area contributed by atoms with Gasteiger partial charge in [-0.2, -0.15) is 0 Å². The Kier molecular flexibility index (Phi) is 3.19. The first-order valence-corrected chi connectivity index (χ1v) is 6.14. The van der Waals surface area contributed by atoms with E-state index in [0.29, 0.717) is 10.0 Å². The number of hydrogen-bond acceptors (Lipinski definition) is 2. The van der Waals surface area contributed by atoms with Gasteiger partial charge in [-0.05, 0) is 52.4 Å². The number of halogens is 1. The predicted molar refractivity (Wildman–Crippen MR) is 66.9 cm³/mol. The number of aromatic carboxylic acids is 1. The van der Waals surface area contributed by atoms with Crippen molar-refractivity contribution >= 4 is 27.6 Å². The molecule has 4 heteroatoms. The molecule has 2 unspecified atom stereocenters. The van der Waals surface area contributed by atoms with Crippen LogP contribution in [0.5, 0.6) is 0 Å². The maximum atomic E-state index is 10.8. The minimum atomic E-state index is -0.908. The lowest BCUT2D eigenvalue weighted by Crippen LogP contribution is -2.05. The molecule has 0 aromatic heterocycles. The van der Waals surface area contributed by atoms with Crippen molar-refractivity contribution < 1.29 is 9.90 Å². The molecule has 2 rings (SSSR count). The third-order valence-corrected chi connectivity index (χ3v) is 3.70. The molecule has 1 aliphatic carbocycles. The molecule has 2 atom stereocenters. The first-order valence-electron chi connectivity index (χ1n) is 5.34. The molecular formula is C12H14BrNO2. The van der Waals surface area contributed by atoms with E-state index in [2.05, 4.69) is 28.2 Å². The van der Waals surface area contributed by atoms with Gasteiger partial charge in [0.2, 0.25) is 0 Å². The number of carboxylic acids is 1. The van der Waals surface area contributed by atoms with Gasteiger partial charge in [-0.25, -0.2) is 4.79 Å². The quantitative estimate of drug-likeness (QED) is 0.892. The van der Waals surface area contributed by atoms with E-state index in [9.17, 15) is 4.79 Å². The van der Waals surface area contributed by atoms with Gasteiger partial charge in [0, 0.05) is 16.7 Å². The van der Waals surface area contributed by atoms with Crippen molar-refractivity contribution in [3.63, 3.8) is 0 Å². The molecular weight excluding hydrogens is 270 g/mol. The number of carboxylic acid groups (broad SMARTS) is 1. The van der Waals surface area contributed by atoms with Gasteiger partial charge in [-0.1, -0.05) is 6.92 Å². The number of carbonyl (C=O) groups is 1. The number of hydrogen-bond donors (Lipinski definition) is 2. The molecule has 1 aliphatic rings. The van der Waals surface area contributed by atoms with Crippen molar-refractivity contribution in [2.45, 2.75) is 13.3 Å². The lowest BCUT2D eigenvalue weighted by Gasteiger charge is -2.07. The molecule has 0 spiro atoms. The third kappa shape index (κ3) is 2.55. The summed E-state index contributed by atoms with van der Waals surface area (Å²) in [5.74, 6) is 0.696. The molecule has 1 aromatic rings. The van der Waals surface area contributed by atoms with Crippen molar-refractivity contribution in [2.75, 3.05) is 11.9 Å². The van der Waals surface area contributed by atoms with Crippen molar-refractivity contribution in [3.05, 3.63) is 28.2 Å². The van der Waals surface area contributed by atoms with Crippen LogP contribution in [0.2, 0.25) is 0 Å². The monoisotopic (exact) mass is 283 g/mol. The fraction of sp³-hybridized carbons (Fsp3) is 0.417. The van der Waals surface area contributed by atoms with Crippen LogP contribution in [-0.2, 0) is 0 Å². The average molecular weight is 284 g/mol. The van der Waals surface area contributed by atoms with E-state index in [1.54, 1.807) is 12.1 Å². The van der Waals surface area contributed by atoms with E-state index >= 15 is 0 Å².